The average Bonchev–Trinajstić information content (AvgIpc) is 2.17. The summed E-state index contributed by atoms with van der Waals surface area (Å²) in [6.45, 7) is 7.39. The molecule has 16 heavy (non-hydrogen) atoms. The first kappa shape index (κ1) is 14.0. The van der Waals surface area contributed by atoms with Gasteiger partial charge in [0.1, 0.15) is 0 Å². The van der Waals surface area contributed by atoms with Crippen LogP contribution in [0.5, 0.6) is 0 Å². The monoisotopic (exact) mass is 228 g/mol. The summed E-state index contributed by atoms with van der Waals surface area (Å²) in [5.41, 5.74) is 0.190. The first-order valence-electron chi connectivity index (χ1n) is 6.77. The third kappa shape index (κ3) is 2.98. The van der Waals surface area contributed by atoms with Crippen LogP contribution in [0.4, 0.5) is 0 Å². The number of aliphatic hydroxyl groups excluding tert-OH is 2. The van der Waals surface area contributed by atoms with Crippen LogP contribution in [0.2, 0.25) is 0 Å². The van der Waals surface area contributed by atoms with Gasteiger partial charge in [-0.05, 0) is 48.9 Å². The Morgan fingerprint density at radius 3 is 2.12 bits per heavy atom. The third-order valence-corrected chi connectivity index (χ3v) is 4.54. The van der Waals surface area contributed by atoms with Crippen LogP contribution in [0.15, 0.2) is 0 Å². The normalized spacial score (nSPS) is 29.6. The number of aliphatic hydroxyl groups is 2. The number of hydrogen-bond donors (Lipinski definition) is 2. The maximum Gasteiger partial charge on any atom is 0.0436 e. The van der Waals surface area contributed by atoms with Crippen LogP contribution in [0.3, 0.4) is 0 Å². The molecular weight excluding hydrogens is 200 g/mol. The van der Waals surface area contributed by atoms with Crippen molar-refractivity contribution < 1.29 is 10.2 Å². The lowest BCUT2D eigenvalue weighted by Crippen LogP contribution is -2.40. The maximum absolute atomic E-state index is 9.31. The van der Waals surface area contributed by atoms with Gasteiger partial charge in [-0.3, -0.25) is 0 Å². The van der Waals surface area contributed by atoms with Crippen LogP contribution in [-0.4, -0.2) is 23.4 Å². The third-order valence-electron chi connectivity index (χ3n) is 4.54. The predicted molar refractivity (Wildman–Crippen MR) is 67.2 cm³/mol. The van der Waals surface area contributed by atoms with Gasteiger partial charge in [-0.25, -0.2) is 0 Å². The molecule has 1 fully saturated rings. The molecule has 0 amide bonds. The van der Waals surface area contributed by atoms with Crippen LogP contribution in [0.25, 0.3) is 0 Å². The van der Waals surface area contributed by atoms with Crippen molar-refractivity contribution in [2.75, 3.05) is 13.2 Å². The summed E-state index contributed by atoms with van der Waals surface area (Å²) in [5.74, 6) is 2.07. The minimum absolute atomic E-state index is 0.190. The van der Waals surface area contributed by atoms with Crippen LogP contribution >= 0.6 is 0 Å². The molecule has 0 heterocycles. The zero-order chi connectivity index (χ0) is 12.2. The molecule has 0 saturated heterocycles. The second kappa shape index (κ2) is 6.02. The molecule has 2 heteroatoms. The summed E-state index contributed by atoms with van der Waals surface area (Å²) in [6, 6.07) is 0. The van der Waals surface area contributed by atoms with Crippen molar-refractivity contribution in [3.63, 3.8) is 0 Å². The van der Waals surface area contributed by atoms with Crippen LogP contribution in [0, 0.1) is 23.2 Å². The zero-order valence-electron chi connectivity index (χ0n) is 11.1. The van der Waals surface area contributed by atoms with E-state index < -0.39 is 0 Å². The summed E-state index contributed by atoms with van der Waals surface area (Å²) in [7, 11) is 0. The van der Waals surface area contributed by atoms with E-state index in [1.165, 1.54) is 19.3 Å². The van der Waals surface area contributed by atoms with Gasteiger partial charge >= 0.3 is 0 Å². The standard InChI is InChI=1S/C14H28O2/c1-11(2)13-5-4-12(3)10-14(13,6-8-15)7-9-16/h11-13,15-16H,4-10H2,1-3H3/t12-,13+/m1/s1. The number of hydrogen-bond acceptors (Lipinski definition) is 2. The molecule has 0 bridgehead atoms. The highest BCUT2D eigenvalue weighted by Gasteiger charge is 2.42. The highest BCUT2D eigenvalue weighted by Crippen LogP contribution is 2.51. The van der Waals surface area contributed by atoms with Crippen molar-refractivity contribution in [2.24, 2.45) is 23.2 Å². The molecule has 0 spiro atoms. The Morgan fingerprint density at radius 2 is 1.69 bits per heavy atom. The van der Waals surface area contributed by atoms with Crippen LogP contribution in [-0.2, 0) is 0 Å². The fourth-order valence-corrected chi connectivity index (χ4v) is 3.90. The summed E-state index contributed by atoms with van der Waals surface area (Å²) in [4.78, 5) is 0. The zero-order valence-corrected chi connectivity index (χ0v) is 11.1. The summed E-state index contributed by atoms with van der Waals surface area (Å²) in [6.07, 6.45) is 5.47. The van der Waals surface area contributed by atoms with Crippen molar-refractivity contribution in [1.82, 2.24) is 0 Å². The largest absolute Gasteiger partial charge is 0.396 e. The Labute approximate surface area is 100 Å². The Hall–Kier alpha value is -0.0800. The molecule has 1 aliphatic rings. The Bertz CT molecular complexity index is 195. The summed E-state index contributed by atoms with van der Waals surface area (Å²) >= 11 is 0. The van der Waals surface area contributed by atoms with Gasteiger partial charge in [0.25, 0.3) is 0 Å². The first-order chi connectivity index (χ1) is 7.55. The van der Waals surface area contributed by atoms with Gasteiger partial charge in [0.15, 0.2) is 0 Å². The topological polar surface area (TPSA) is 40.5 Å². The molecule has 2 nitrogen and oxygen atoms in total. The molecule has 2 atom stereocenters. The molecule has 0 aromatic heterocycles. The molecule has 1 saturated carbocycles. The van der Waals surface area contributed by atoms with E-state index in [4.69, 9.17) is 0 Å². The van der Waals surface area contributed by atoms with E-state index in [0.717, 1.165) is 18.8 Å². The summed E-state index contributed by atoms with van der Waals surface area (Å²) < 4.78 is 0. The average molecular weight is 228 g/mol. The fraction of sp³-hybridized carbons (Fsp3) is 1.00. The fourth-order valence-electron chi connectivity index (χ4n) is 3.90. The van der Waals surface area contributed by atoms with Crippen molar-refractivity contribution in [3.8, 4) is 0 Å². The van der Waals surface area contributed by atoms with Gasteiger partial charge < -0.3 is 10.2 Å². The minimum atomic E-state index is 0.190. The molecule has 0 aliphatic heterocycles. The second-order valence-electron chi connectivity index (χ2n) is 6.05. The Balaban J connectivity index is 2.85. The molecular formula is C14H28O2. The van der Waals surface area contributed by atoms with E-state index in [2.05, 4.69) is 20.8 Å². The smallest absolute Gasteiger partial charge is 0.0436 e. The quantitative estimate of drug-likeness (QED) is 0.759. The summed E-state index contributed by atoms with van der Waals surface area (Å²) in [5, 5.41) is 18.6. The molecule has 0 unspecified atom stereocenters. The van der Waals surface area contributed by atoms with Gasteiger partial charge in [-0.15, -0.1) is 0 Å². The predicted octanol–water partition coefficient (Wildman–Crippen LogP) is 2.83. The van der Waals surface area contributed by atoms with E-state index in [9.17, 15) is 10.2 Å². The Morgan fingerprint density at radius 1 is 1.12 bits per heavy atom. The number of rotatable bonds is 5. The SMILES string of the molecule is CC(C)[C@@H]1CC[C@@H](C)CC1(CCO)CCO. The minimum Gasteiger partial charge on any atom is -0.396 e. The Kier molecular flexibility index (Phi) is 5.26. The molecule has 1 aliphatic carbocycles. The maximum atomic E-state index is 9.31. The molecule has 1 rings (SSSR count). The highest BCUT2D eigenvalue weighted by atomic mass is 16.3. The van der Waals surface area contributed by atoms with Gasteiger partial charge in [0.2, 0.25) is 0 Å². The molecule has 0 aromatic carbocycles. The van der Waals surface area contributed by atoms with E-state index in [1.54, 1.807) is 0 Å². The van der Waals surface area contributed by atoms with E-state index in [-0.39, 0.29) is 18.6 Å². The van der Waals surface area contributed by atoms with Crippen molar-refractivity contribution in [3.05, 3.63) is 0 Å². The van der Waals surface area contributed by atoms with Crippen molar-refractivity contribution in [1.29, 1.82) is 0 Å². The van der Waals surface area contributed by atoms with Crippen molar-refractivity contribution in [2.45, 2.75) is 52.9 Å². The van der Waals surface area contributed by atoms with E-state index >= 15 is 0 Å². The van der Waals surface area contributed by atoms with Gasteiger partial charge in [0.05, 0.1) is 0 Å². The molecule has 0 aromatic rings. The molecule has 0 radical (unpaired) electrons. The lowest BCUT2D eigenvalue weighted by Gasteiger charge is -2.48. The highest BCUT2D eigenvalue weighted by molar-refractivity contribution is 4.92. The molecule has 2 N–H and O–H groups in total. The molecule has 96 valence electrons. The first-order valence-corrected chi connectivity index (χ1v) is 6.77. The lowest BCUT2D eigenvalue weighted by molar-refractivity contribution is -0.00989. The van der Waals surface area contributed by atoms with Gasteiger partial charge in [-0.1, -0.05) is 27.2 Å². The lowest BCUT2D eigenvalue weighted by atomic mass is 9.57. The van der Waals surface area contributed by atoms with Gasteiger partial charge in [0, 0.05) is 13.2 Å². The second-order valence-corrected chi connectivity index (χ2v) is 6.05. The van der Waals surface area contributed by atoms with Crippen LogP contribution in [0.1, 0.15) is 52.9 Å². The van der Waals surface area contributed by atoms with Crippen molar-refractivity contribution >= 4 is 0 Å². The van der Waals surface area contributed by atoms with Crippen LogP contribution < -0.4 is 0 Å². The van der Waals surface area contributed by atoms with Gasteiger partial charge in [-0.2, -0.15) is 0 Å². The van der Waals surface area contributed by atoms with E-state index in [0.29, 0.717) is 11.8 Å². The van der Waals surface area contributed by atoms with E-state index in [1.807, 2.05) is 0 Å².